The number of rotatable bonds is 4. The van der Waals surface area contributed by atoms with E-state index in [2.05, 4.69) is 35.4 Å². The molecule has 1 spiro atoms. The number of likely N-dealkylation sites (tertiary alicyclic amines) is 1. The Bertz CT molecular complexity index is 1140. The molecule has 172 valence electrons. The van der Waals surface area contributed by atoms with Gasteiger partial charge >= 0.3 is 0 Å². The predicted molar refractivity (Wildman–Crippen MR) is 127 cm³/mol. The summed E-state index contributed by atoms with van der Waals surface area (Å²) < 4.78 is 16.0. The van der Waals surface area contributed by atoms with Crippen molar-refractivity contribution in [2.24, 2.45) is 0 Å². The number of aromatic nitrogens is 2. The van der Waals surface area contributed by atoms with Crippen LogP contribution >= 0.6 is 0 Å². The maximum absolute atomic E-state index is 13.6. The largest absolute Gasteiger partial charge is 0.340 e. The maximum Gasteiger partial charge on any atom is 0.227 e. The molecule has 0 bridgehead atoms. The minimum absolute atomic E-state index is 0.0614. The molecule has 3 aromatic rings. The number of carbonyl (C=O) groups is 1. The molecule has 1 atom stereocenters. The third-order valence-electron chi connectivity index (χ3n) is 7.16. The third-order valence-corrected chi connectivity index (χ3v) is 7.16. The topological polar surface area (TPSA) is 41.4 Å². The van der Waals surface area contributed by atoms with Crippen LogP contribution in [0.5, 0.6) is 0 Å². The molecule has 5 rings (SSSR count). The Morgan fingerprint density at radius 3 is 2.70 bits per heavy atom. The summed E-state index contributed by atoms with van der Waals surface area (Å²) in [5.74, 6) is -0.238. The van der Waals surface area contributed by atoms with Gasteiger partial charge in [0.1, 0.15) is 5.82 Å². The Balaban J connectivity index is 1.47. The van der Waals surface area contributed by atoms with Crippen molar-refractivity contribution in [2.45, 2.75) is 51.2 Å². The Morgan fingerprint density at radius 2 is 1.94 bits per heavy atom. The fourth-order valence-electron chi connectivity index (χ4n) is 5.42. The summed E-state index contributed by atoms with van der Waals surface area (Å²) in [7, 11) is 0. The zero-order valence-corrected chi connectivity index (χ0v) is 19.4. The number of nitrogens with zero attached hydrogens (tertiary/aromatic N) is 4. The summed E-state index contributed by atoms with van der Waals surface area (Å²) in [6.07, 6.45) is 4.17. The van der Waals surface area contributed by atoms with Crippen molar-refractivity contribution in [2.75, 3.05) is 19.6 Å². The summed E-state index contributed by atoms with van der Waals surface area (Å²) in [6, 6.07) is 17.1. The Kier molecular flexibility index (Phi) is 5.79. The van der Waals surface area contributed by atoms with E-state index in [-0.39, 0.29) is 23.7 Å². The molecule has 5 nitrogen and oxygen atoms in total. The number of halogens is 1. The van der Waals surface area contributed by atoms with Gasteiger partial charge in [-0.3, -0.25) is 9.69 Å². The highest BCUT2D eigenvalue weighted by atomic mass is 19.1. The lowest BCUT2D eigenvalue weighted by Crippen LogP contribution is -2.60. The number of hydrogen-bond donors (Lipinski definition) is 0. The average molecular weight is 447 g/mol. The molecule has 1 saturated heterocycles. The van der Waals surface area contributed by atoms with E-state index in [1.54, 1.807) is 6.07 Å². The molecule has 0 N–H and O–H groups in total. The highest BCUT2D eigenvalue weighted by Gasteiger charge is 2.45. The molecule has 1 aromatic heterocycles. The molecule has 2 aliphatic heterocycles. The summed E-state index contributed by atoms with van der Waals surface area (Å²) in [4.78, 5) is 22.6. The zero-order chi connectivity index (χ0) is 23.0. The van der Waals surface area contributed by atoms with E-state index in [0.717, 1.165) is 49.3 Å². The highest BCUT2D eigenvalue weighted by Crippen LogP contribution is 2.39. The van der Waals surface area contributed by atoms with Crippen molar-refractivity contribution in [1.82, 2.24) is 19.4 Å². The number of fused-ring (bicyclic) bond motifs is 2. The number of benzene rings is 2. The van der Waals surface area contributed by atoms with Crippen LogP contribution in [0.15, 0.2) is 60.9 Å². The van der Waals surface area contributed by atoms with Gasteiger partial charge in [-0.05, 0) is 44.4 Å². The van der Waals surface area contributed by atoms with Gasteiger partial charge in [-0.1, -0.05) is 42.5 Å². The summed E-state index contributed by atoms with van der Waals surface area (Å²) in [5.41, 5.74) is 3.90. The molecular weight excluding hydrogens is 415 g/mol. The van der Waals surface area contributed by atoms with Crippen molar-refractivity contribution >= 4 is 5.91 Å². The van der Waals surface area contributed by atoms with E-state index in [0.29, 0.717) is 12.6 Å². The van der Waals surface area contributed by atoms with Crippen molar-refractivity contribution in [3.63, 3.8) is 0 Å². The molecule has 3 heterocycles. The Hall–Kier alpha value is -2.99. The second kappa shape index (κ2) is 8.75. The fraction of sp³-hybridized carbons (Fsp3) is 0.407. The molecule has 2 aromatic carbocycles. The SMILES string of the molecule is CC(C)N1Cc2c(-c3ccccc3)ncn2[C@]2(CCCN(C(=O)Cc3cccc(F)c3)C2)C1. The molecule has 1 fully saturated rings. The van der Waals surface area contributed by atoms with E-state index >= 15 is 0 Å². The number of amides is 1. The standard InChI is InChI=1S/C27H31FN4O/c1-20(2)31-16-24-26(22-9-4-3-5-10-22)29-19-32(24)27(18-31)12-7-13-30(17-27)25(33)15-21-8-6-11-23(28)14-21/h3-6,8-11,14,19-20H,7,12-13,15-18H2,1-2H3/t27-/m0/s1. The van der Waals surface area contributed by atoms with Gasteiger partial charge in [0, 0.05) is 37.8 Å². The summed E-state index contributed by atoms with van der Waals surface area (Å²) in [6.45, 7) is 7.61. The van der Waals surface area contributed by atoms with Crippen LogP contribution in [0.4, 0.5) is 4.39 Å². The molecular formula is C27H31FN4O. The van der Waals surface area contributed by atoms with Crippen molar-refractivity contribution in [3.8, 4) is 11.3 Å². The molecule has 0 aliphatic carbocycles. The minimum Gasteiger partial charge on any atom is -0.340 e. The van der Waals surface area contributed by atoms with E-state index in [9.17, 15) is 9.18 Å². The van der Waals surface area contributed by atoms with Crippen LogP contribution in [0.25, 0.3) is 11.3 Å². The maximum atomic E-state index is 13.6. The highest BCUT2D eigenvalue weighted by molar-refractivity contribution is 5.79. The van der Waals surface area contributed by atoms with Gasteiger partial charge in [-0.25, -0.2) is 9.37 Å². The van der Waals surface area contributed by atoms with Gasteiger partial charge in [-0.15, -0.1) is 0 Å². The van der Waals surface area contributed by atoms with Crippen molar-refractivity contribution in [1.29, 1.82) is 0 Å². The molecule has 2 aliphatic rings. The van der Waals surface area contributed by atoms with Crippen molar-refractivity contribution < 1.29 is 9.18 Å². The van der Waals surface area contributed by atoms with Crippen LogP contribution in [-0.4, -0.2) is 50.9 Å². The Labute approximate surface area is 194 Å². The first-order valence-corrected chi connectivity index (χ1v) is 11.8. The second-order valence-corrected chi connectivity index (χ2v) is 9.72. The predicted octanol–water partition coefficient (Wildman–Crippen LogP) is 4.47. The molecule has 33 heavy (non-hydrogen) atoms. The molecule has 6 heteroatoms. The minimum atomic E-state index is -0.299. The van der Waals surface area contributed by atoms with Crippen molar-refractivity contribution in [3.05, 3.63) is 78.0 Å². The van der Waals surface area contributed by atoms with E-state index in [1.807, 2.05) is 35.5 Å². The summed E-state index contributed by atoms with van der Waals surface area (Å²) in [5, 5.41) is 0. The first kappa shape index (κ1) is 21.8. The van der Waals surface area contributed by atoms with E-state index < -0.39 is 0 Å². The van der Waals surface area contributed by atoms with Crippen LogP contribution in [0.3, 0.4) is 0 Å². The zero-order valence-electron chi connectivity index (χ0n) is 19.4. The lowest BCUT2D eigenvalue weighted by Gasteiger charge is -2.50. The van der Waals surface area contributed by atoms with Gasteiger partial charge in [0.05, 0.1) is 29.7 Å². The van der Waals surface area contributed by atoms with Gasteiger partial charge in [0.2, 0.25) is 5.91 Å². The van der Waals surface area contributed by atoms with Gasteiger partial charge in [0.15, 0.2) is 0 Å². The number of piperidine rings is 1. The van der Waals surface area contributed by atoms with Gasteiger partial charge in [-0.2, -0.15) is 0 Å². The second-order valence-electron chi connectivity index (χ2n) is 9.72. The normalized spacial score (nSPS) is 20.9. The van der Waals surface area contributed by atoms with Crippen LogP contribution in [0, 0.1) is 5.82 Å². The lowest BCUT2D eigenvalue weighted by molar-refractivity contribution is -0.134. The average Bonchev–Trinajstić information content (AvgIpc) is 3.25. The van der Waals surface area contributed by atoms with Gasteiger partial charge < -0.3 is 9.47 Å². The summed E-state index contributed by atoms with van der Waals surface area (Å²) >= 11 is 0. The Morgan fingerprint density at radius 1 is 1.12 bits per heavy atom. The smallest absolute Gasteiger partial charge is 0.227 e. The number of imidazole rings is 1. The van der Waals surface area contributed by atoms with E-state index in [4.69, 9.17) is 4.98 Å². The molecule has 1 amide bonds. The lowest BCUT2D eigenvalue weighted by atomic mass is 9.85. The number of hydrogen-bond acceptors (Lipinski definition) is 3. The van der Waals surface area contributed by atoms with Crippen LogP contribution in [-0.2, 0) is 23.3 Å². The molecule has 0 saturated carbocycles. The third kappa shape index (κ3) is 4.20. The van der Waals surface area contributed by atoms with E-state index in [1.165, 1.54) is 17.8 Å². The van der Waals surface area contributed by atoms with Crippen LogP contribution in [0.1, 0.15) is 37.9 Å². The molecule has 0 unspecified atom stereocenters. The van der Waals surface area contributed by atoms with Crippen LogP contribution < -0.4 is 0 Å². The fourth-order valence-corrected chi connectivity index (χ4v) is 5.42. The first-order valence-electron chi connectivity index (χ1n) is 11.8. The quantitative estimate of drug-likeness (QED) is 0.594. The first-order chi connectivity index (χ1) is 15.9. The molecule has 0 radical (unpaired) electrons. The van der Waals surface area contributed by atoms with Crippen LogP contribution in [0.2, 0.25) is 0 Å². The number of carbonyl (C=O) groups excluding carboxylic acids is 1. The monoisotopic (exact) mass is 446 g/mol. The van der Waals surface area contributed by atoms with Gasteiger partial charge in [0.25, 0.3) is 0 Å².